The number of hydrogen-bond donors (Lipinski definition) is 2. The molecule has 0 saturated carbocycles. The van der Waals surface area contributed by atoms with Crippen molar-refractivity contribution in [2.24, 2.45) is 0 Å². The van der Waals surface area contributed by atoms with Gasteiger partial charge in [-0.15, -0.1) is 0 Å². The molecule has 2 atom stereocenters. The predicted molar refractivity (Wildman–Crippen MR) is 165 cm³/mol. The van der Waals surface area contributed by atoms with Gasteiger partial charge in [-0.25, -0.2) is 9.50 Å². The molecule has 1 fully saturated rings. The van der Waals surface area contributed by atoms with Gasteiger partial charge in [0.25, 0.3) is 17.7 Å². The summed E-state index contributed by atoms with van der Waals surface area (Å²) in [5.41, 5.74) is 5.15. The second kappa shape index (κ2) is 12.1. The molecule has 0 aliphatic carbocycles. The number of piperidine rings is 1. The fourth-order valence-corrected chi connectivity index (χ4v) is 5.89. The van der Waals surface area contributed by atoms with Crippen LogP contribution < -0.4 is 24.8 Å². The molecule has 0 radical (unpaired) electrons. The van der Waals surface area contributed by atoms with E-state index in [4.69, 9.17) is 14.2 Å². The van der Waals surface area contributed by atoms with Crippen LogP contribution in [-0.4, -0.2) is 76.2 Å². The molecule has 1 saturated heterocycles. The first-order valence-corrected chi connectivity index (χ1v) is 14.9. The van der Waals surface area contributed by atoms with Crippen LogP contribution in [0.1, 0.15) is 55.3 Å². The van der Waals surface area contributed by atoms with Gasteiger partial charge >= 0.3 is 0 Å². The van der Waals surface area contributed by atoms with E-state index in [-0.39, 0.29) is 37.4 Å². The number of ether oxygens (including phenoxy) is 3. The van der Waals surface area contributed by atoms with E-state index < -0.39 is 12.1 Å². The number of nitrogens with zero attached hydrogens (tertiary/aromatic N) is 4. The Hall–Kier alpha value is -5.13. The third-order valence-electron chi connectivity index (χ3n) is 8.27. The topological polar surface area (TPSA) is 136 Å². The summed E-state index contributed by atoms with van der Waals surface area (Å²) >= 11 is 0. The van der Waals surface area contributed by atoms with Gasteiger partial charge in [-0.3, -0.25) is 14.4 Å². The Morgan fingerprint density at radius 3 is 2.69 bits per heavy atom. The van der Waals surface area contributed by atoms with E-state index in [0.29, 0.717) is 52.7 Å². The highest BCUT2D eigenvalue weighted by Gasteiger charge is 2.36. The van der Waals surface area contributed by atoms with E-state index in [1.54, 1.807) is 53.8 Å². The Morgan fingerprint density at radius 2 is 1.89 bits per heavy atom. The minimum absolute atomic E-state index is 0.203. The normalized spacial score (nSPS) is 18.7. The molecule has 12 nitrogen and oxygen atoms in total. The number of amides is 3. The largest absolute Gasteiger partial charge is 0.496 e. The van der Waals surface area contributed by atoms with Crippen LogP contribution in [0.4, 0.5) is 0 Å². The van der Waals surface area contributed by atoms with Crippen LogP contribution in [0.15, 0.2) is 42.5 Å². The van der Waals surface area contributed by atoms with Crippen molar-refractivity contribution < 1.29 is 28.6 Å². The number of aromatic nitrogens is 3. The maximum absolute atomic E-state index is 14.0. The van der Waals surface area contributed by atoms with Crippen LogP contribution in [0.5, 0.6) is 17.2 Å². The number of aryl methyl sites for hydroxylation is 4. The molecule has 0 unspecified atom stereocenters. The molecule has 2 aromatic heterocycles. The Balaban J connectivity index is 1.34. The van der Waals surface area contributed by atoms with Gasteiger partial charge in [0.05, 0.1) is 18.8 Å². The highest BCUT2D eigenvalue weighted by molar-refractivity contribution is 6.01. The Labute approximate surface area is 260 Å². The van der Waals surface area contributed by atoms with Crippen LogP contribution in [0.25, 0.3) is 5.65 Å². The molecular formula is C33H36N6O6. The number of fused-ring (bicyclic) bond motifs is 8. The van der Waals surface area contributed by atoms with E-state index in [2.05, 4.69) is 20.7 Å². The predicted octanol–water partition coefficient (Wildman–Crippen LogP) is 3.07. The molecule has 45 heavy (non-hydrogen) atoms. The summed E-state index contributed by atoms with van der Waals surface area (Å²) in [5.74, 6) is 0.660. The van der Waals surface area contributed by atoms with Crippen molar-refractivity contribution in [2.75, 3.05) is 26.8 Å². The van der Waals surface area contributed by atoms with Crippen molar-refractivity contribution in [3.8, 4) is 17.2 Å². The molecule has 3 aliphatic rings. The van der Waals surface area contributed by atoms with Gasteiger partial charge in [-0.2, -0.15) is 5.10 Å². The molecule has 2 aromatic carbocycles. The van der Waals surface area contributed by atoms with Gasteiger partial charge in [0, 0.05) is 54.6 Å². The maximum Gasteiger partial charge on any atom is 0.259 e. The third kappa shape index (κ3) is 6.00. The number of rotatable bonds is 2. The number of likely N-dealkylation sites (tertiary alicyclic amines) is 1. The standard InChI is InChI=1S/C33H36N6O6/c1-18-6-7-22-13-27(18)44-17-29(40)34-15-23-8-9-24(14-28(23)43-5)45-26-10-11-38(16-25(26)36-32(22)41)33(42)30-21(4)37-39-20(3)12-19(2)35-31(30)39/h6-9,12-14,25-26H,10-11,15-17H2,1-5H3,(H,34,40)(H,36,41)/t25-,26+/m0/s1. The van der Waals surface area contributed by atoms with Crippen molar-refractivity contribution in [1.29, 1.82) is 0 Å². The Kier molecular flexibility index (Phi) is 8.05. The number of hydrogen-bond acceptors (Lipinski definition) is 8. The molecule has 2 N–H and O–H groups in total. The lowest BCUT2D eigenvalue weighted by Gasteiger charge is -2.39. The van der Waals surface area contributed by atoms with E-state index >= 15 is 0 Å². The van der Waals surface area contributed by atoms with Crippen LogP contribution in [0, 0.1) is 27.7 Å². The Bertz CT molecular complexity index is 1820. The van der Waals surface area contributed by atoms with Gasteiger partial charge in [0.1, 0.15) is 28.9 Å². The maximum atomic E-state index is 14.0. The van der Waals surface area contributed by atoms with Crippen molar-refractivity contribution in [3.05, 3.63) is 81.8 Å². The summed E-state index contributed by atoms with van der Waals surface area (Å²) in [6.45, 7) is 8.11. The Morgan fingerprint density at radius 1 is 1.07 bits per heavy atom. The molecule has 3 aliphatic heterocycles. The zero-order valence-electron chi connectivity index (χ0n) is 26.0. The van der Waals surface area contributed by atoms with Crippen LogP contribution >= 0.6 is 0 Å². The first kappa shape index (κ1) is 29.9. The number of methoxy groups -OCH3 is 1. The summed E-state index contributed by atoms with van der Waals surface area (Å²) in [5, 5.41) is 10.5. The molecule has 234 valence electrons. The fraction of sp³-hybridized carbons (Fsp3) is 0.364. The number of nitrogens with one attached hydrogen (secondary N) is 2. The first-order valence-electron chi connectivity index (χ1n) is 14.9. The smallest absolute Gasteiger partial charge is 0.259 e. The molecule has 5 heterocycles. The van der Waals surface area contributed by atoms with E-state index in [9.17, 15) is 14.4 Å². The fourth-order valence-electron chi connectivity index (χ4n) is 5.89. The SMILES string of the molecule is COc1cc2ccc1CNC(=O)COc1cc(ccc1C)C(=O)N[C@H]1CN(C(=O)c3c(C)nn4c(C)cc(C)nc34)CC[C@H]1O2. The minimum atomic E-state index is -0.552. The van der Waals surface area contributed by atoms with E-state index in [1.807, 2.05) is 32.9 Å². The second-order valence-corrected chi connectivity index (χ2v) is 11.5. The summed E-state index contributed by atoms with van der Waals surface area (Å²) in [6.07, 6.45) is 0.0146. The molecular weight excluding hydrogens is 576 g/mol. The molecule has 4 aromatic rings. The lowest BCUT2D eigenvalue weighted by atomic mass is 9.99. The van der Waals surface area contributed by atoms with E-state index in [1.165, 1.54) is 0 Å². The lowest BCUT2D eigenvalue weighted by molar-refractivity contribution is -0.123. The van der Waals surface area contributed by atoms with Gasteiger partial charge in [0.15, 0.2) is 12.3 Å². The molecule has 4 bridgehead atoms. The summed E-state index contributed by atoms with van der Waals surface area (Å²) < 4.78 is 19.5. The number of carbonyl (C=O) groups is 3. The van der Waals surface area contributed by atoms with Gasteiger partial charge in [-0.1, -0.05) is 6.07 Å². The molecule has 3 amide bonds. The highest BCUT2D eigenvalue weighted by atomic mass is 16.5. The second-order valence-electron chi connectivity index (χ2n) is 11.5. The molecule has 12 heteroatoms. The molecule has 7 rings (SSSR count). The lowest BCUT2D eigenvalue weighted by Crippen LogP contribution is -2.58. The monoisotopic (exact) mass is 612 g/mol. The van der Waals surface area contributed by atoms with Crippen molar-refractivity contribution >= 4 is 23.4 Å². The van der Waals surface area contributed by atoms with Crippen molar-refractivity contribution in [1.82, 2.24) is 30.1 Å². The number of carbonyl (C=O) groups excluding carboxylic acids is 3. The summed E-state index contributed by atoms with van der Waals surface area (Å²) in [4.78, 5) is 46.6. The average molecular weight is 613 g/mol. The van der Waals surface area contributed by atoms with Crippen molar-refractivity contribution in [3.63, 3.8) is 0 Å². The zero-order chi connectivity index (χ0) is 31.8. The van der Waals surface area contributed by atoms with Gasteiger partial charge in [0.2, 0.25) is 0 Å². The molecule has 0 spiro atoms. The van der Waals surface area contributed by atoms with Gasteiger partial charge in [-0.05, 0) is 63.6 Å². The quantitative estimate of drug-likeness (QED) is 0.353. The first-order chi connectivity index (χ1) is 21.6. The van der Waals surface area contributed by atoms with Crippen LogP contribution in [0.3, 0.4) is 0 Å². The van der Waals surface area contributed by atoms with Crippen LogP contribution in [0.2, 0.25) is 0 Å². The summed E-state index contributed by atoms with van der Waals surface area (Å²) in [7, 11) is 1.55. The van der Waals surface area contributed by atoms with Gasteiger partial charge < -0.3 is 29.7 Å². The van der Waals surface area contributed by atoms with E-state index in [0.717, 1.165) is 22.5 Å². The third-order valence-corrected chi connectivity index (χ3v) is 8.27. The highest BCUT2D eigenvalue weighted by Crippen LogP contribution is 2.29. The number of benzene rings is 2. The average Bonchev–Trinajstić information content (AvgIpc) is 3.35. The van der Waals surface area contributed by atoms with Crippen molar-refractivity contribution in [2.45, 2.75) is 52.8 Å². The minimum Gasteiger partial charge on any atom is -0.496 e. The van der Waals surface area contributed by atoms with Crippen LogP contribution in [-0.2, 0) is 11.3 Å². The zero-order valence-corrected chi connectivity index (χ0v) is 26.0. The summed E-state index contributed by atoms with van der Waals surface area (Å²) in [6, 6.07) is 11.9.